The molecule has 222 valence electrons. The molecular formula is C33H33N3O5S2. The number of Topliss-reactive ketones (excluding diaryl/α,β-unsaturated/α-hetero) is 1. The smallest absolute Gasteiger partial charge is 0.301 e. The SMILES string of the molecule is CCCCOc1ccc(C(O)=C2C(=O)C(=O)N(c3nnc(SCc4ccccc4)s3)[C@H]2c2ccc(OCCC)cc2)cc1. The fraction of sp³-hybridized carbons (Fsp3) is 0.273. The van der Waals surface area contributed by atoms with E-state index in [4.69, 9.17) is 9.47 Å². The number of thioether (sulfide) groups is 1. The van der Waals surface area contributed by atoms with Gasteiger partial charge in [-0.15, -0.1) is 10.2 Å². The second kappa shape index (κ2) is 14.3. The van der Waals surface area contributed by atoms with Crippen LogP contribution >= 0.6 is 23.1 Å². The van der Waals surface area contributed by atoms with E-state index >= 15 is 0 Å². The van der Waals surface area contributed by atoms with Gasteiger partial charge in [0.05, 0.1) is 24.8 Å². The van der Waals surface area contributed by atoms with Gasteiger partial charge in [0.15, 0.2) is 4.34 Å². The highest BCUT2D eigenvalue weighted by molar-refractivity contribution is 8.00. The molecular weight excluding hydrogens is 583 g/mol. The zero-order valence-corrected chi connectivity index (χ0v) is 25.7. The molecule has 0 spiro atoms. The van der Waals surface area contributed by atoms with E-state index in [-0.39, 0.29) is 16.5 Å². The predicted octanol–water partition coefficient (Wildman–Crippen LogP) is 7.42. The molecule has 3 aromatic carbocycles. The van der Waals surface area contributed by atoms with E-state index < -0.39 is 17.7 Å². The predicted molar refractivity (Wildman–Crippen MR) is 170 cm³/mol. The minimum atomic E-state index is -0.902. The van der Waals surface area contributed by atoms with Gasteiger partial charge in [0.2, 0.25) is 5.13 Å². The molecule has 8 nitrogen and oxygen atoms in total. The van der Waals surface area contributed by atoms with Crippen molar-refractivity contribution in [1.82, 2.24) is 10.2 Å². The minimum absolute atomic E-state index is 0.0134. The fourth-order valence-electron chi connectivity index (χ4n) is 4.59. The third-order valence-electron chi connectivity index (χ3n) is 6.81. The third kappa shape index (κ3) is 7.09. The van der Waals surface area contributed by atoms with Gasteiger partial charge in [0.1, 0.15) is 17.3 Å². The summed E-state index contributed by atoms with van der Waals surface area (Å²) in [6, 6.07) is 23.2. The summed E-state index contributed by atoms with van der Waals surface area (Å²) >= 11 is 2.74. The van der Waals surface area contributed by atoms with E-state index in [0.717, 1.165) is 24.8 Å². The van der Waals surface area contributed by atoms with Crippen molar-refractivity contribution in [2.45, 2.75) is 49.2 Å². The third-order valence-corrected chi connectivity index (χ3v) is 8.94. The van der Waals surface area contributed by atoms with Crippen molar-refractivity contribution in [3.63, 3.8) is 0 Å². The number of ketones is 1. The Balaban J connectivity index is 1.49. The monoisotopic (exact) mass is 615 g/mol. The van der Waals surface area contributed by atoms with Crippen molar-refractivity contribution >= 4 is 45.7 Å². The number of aliphatic hydroxyl groups is 1. The lowest BCUT2D eigenvalue weighted by Gasteiger charge is -2.22. The highest BCUT2D eigenvalue weighted by Crippen LogP contribution is 2.44. The Morgan fingerprint density at radius 3 is 2.23 bits per heavy atom. The largest absolute Gasteiger partial charge is 0.507 e. The average Bonchev–Trinajstić information content (AvgIpc) is 3.61. The molecule has 1 saturated heterocycles. The van der Waals surface area contributed by atoms with Crippen LogP contribution in [0, 0.1) is 0 Å². The van der Waals surface area contributed by atoms with Crippen LogP contribution in [0.3, 0.4) is 0 Å². The Morgan fingerprint density at radius 2 is 1.56 bits per heavy atom. The average molecular weight is 616 g/mol. The number of aliphatic hydroxyl groups excluding tert-OH is 1. The molecule has 10 heteroatoms. The molecule has 1 amide bonds. The topological polar surface area (TPSA) is 102 Å². The number of anilines is 1. The van der Waals surface area contributed by atoms with Crippen molar-refractivity contribution in [3.8, 4) is 11.5 Å². The fourth-order valence-corrected chi connectivity index (χ4v) is 6.41. The number of nitrogens with zero attached hydrogens (tertiary/aromatic N) is 3. The maximum atomic E-state index is 13.6. The molecule has 1 N–H and O–H groups in total. The second-order valence-electron chi connectivity index (χ2n) is 9.94. The number of ether oxygens (including phenoxy) is 2. The van der Waals surface area contributed by atoms with Crippen molar-refractivity contribution in [2.75, 3.05) is 18.1 Å². The van der Waals surface area contributed by atoms with E-state index in [2.05, 4.69) is 17.1 Å². The maximum absolute atomic E-state index is 13.6. The number of rotatable bonds is 13. The quantitative estimate of drug-likeness (QED) is 0.0414. The lowest BCUT2D eigenvalue weighted by Crippen LogP contribution is -2.29. The van der Waals surface area contributed by atoms with Crippen molar-refractivity contribution < 1.29 is 24.2 Å². The number of carbonyl (C=O) groups excluding carboxylic acids is 2. The number of hydrogen-bond acceptors (Lipinski definition) is 9. The summed E-state index contributed by atoms with van der Waals surface area (Å²) in [4.78, 5) is 28.4. The number of hydrogen-bond donors (Lipinski definition) is 1. The zero-order chi connectivity index (χ0) is 30.2. The van der Waals surface area contributed by atoms with Crippen LogP contribution in [0.25, 0.3) is 5.76 Å². The molecule has 0 radical (unpaired) electrons. The summed E-state index contributed by atoms with van der Waals surface area (Å²) in [6.07, 6.45) is 2.82. The molecule has 1 aliphatic heterocycles. The summed E-state index contributed by atoms with van der Waals surface area (Å²) in [5.74, 6) is 0.213. The summed E-state index contributed by atoms with van der Waals surface area (Å²) in [7, 11) is 0. The highest BCUT2D eigenvalue weighted by Gasteiger charge is 2.48. The van der Waals surface area contributed by atoms with Gasteiger partial charge in [-0.1, -0.05) is 85.8 Å². The van der Waals surface area contributed by atoms with Crippen LogP contribution in [0.1, 0.15) is 55.8 Å². The molecule has 4 aromatic rings. The first-order valence-electron chi connectivity index (χ1n) is 14.3. The van der Waals surface area contributed by atoms with Crippen molar-refractivity contribution in [1.29, 1.82) is 0 Å². The minimum Gasteiger partial charge on any atom is -0.507 e. The van der Waals surface area contributed by atoms with Crippen molar-refractivity contribution in [2.24, 2.45) is 0 Å². The summed E-state index contributed by atoms with van der Waals surface area (Å²) in [5.41, 5.74) is 2.17. The van der Waals surface area contributed by atoms with Crippen LogP contribution in [-0.2, 0) is 15.3 Å². The number of amides is 1. The Hall–Kier alpha value is -4.15. The molecule has 0 aliphatic carbocycles. The van der Waals surface area contributed by atoms with Crippen LogP contribution in [0.2, 0.25) is 0 Å². The molecule has 5 rings (SSSR count). The van der Waals surface area contributed by atoms with Gasteiger partial charge in [-0.05, 0) is 60.4 Å². The van der Waals surface area contributed by atoms with Gasteiger partial charge in [0, 0.05) is 11.3 Å². The number of carbonyl (C=O) groups is 2. The molecule has 43 heavy (non-hydrogen) atoms. The Labute approximate surface area is 259 Å². The lowest BCUT2D eigenvalue weighted by atomic mass is 9.95. The van der Waals surface area contributed by atoms with Crippen molar-refractivity contribution in [3.05, 3.63) is 101 Å². The van der Waals surface area contributed by atoms with Crippen LogP contribution in [0.4, 0.5) is 5.13 Å². The first-order chi connectivity index (χ1) is 21.0. The first-order valence-corrected chi connectivity index (χ1v) is 16.1. The van der Waals surface area contributed by atoms with E-state index in [9.17, 15) is 14.7 Å². The molecule has 2 heterocycles. The van der Waals surface area contributed by atoms with Gasteiger partial charge in [0.25, 0.3) is 5.78 Å². The van der Waals surface area contributed by atoms with Gasteiger partial charge < -0.3 is 14.6 Å². The van der Waals surface area contributed by atoms with Gasteiger partial charge in [-0.2, -0.15) is 0 Å². The summed E-state index contributed by atoms with van der Waals surface area (Å²) < 4.78 is 12.2. The summed E-state index contributed by atoms with van der Waals surface area (Å²) in [6.45, 7) is 5.29. The van der Waals surface area contributed by atoms with Crippen LogP contribution in [0.15, 0.2) is 88.8 Å². The molecule has 0 saturated carbocycles. The highest BCUT2D eigenvalue weighted by atomic mass is 32.2. The van der Waals surface area contributed by atoms with Crippen LogP contribution < -0.4 is 14.4 Å². The molecule has 1 aromatic heterocycles. The number of benzene rings is 3. The van der Waals surface area contributed by atoms with Gasteiger partial charge in [-0.25, -0.2) is 0 Å². The second-order valence-corrected chi connectivity index (χ2v) is 12.1. The Kier molecular flexibility index (Phi) is 10.1. The zero-order valence-electron chi connectivity index (χ0n) is 24.1. The van der Waals surface area contributed by atoms with E-state index in [1.807, 2.05) is 37.3 Å². The van der Waals surface area contributed by atoms with Gasteiger partial charge in [-0.3, -0.25) is 14.5 Å². The van der Waals surface area contributed by atoms with E-state index in [1.54, 1.807) is 48.5 Å². The molecule has 1 fully saturated rings. The molecule has 0 unspecified atom stereocenters. The number of unbranched alkanes of at least 4 members (excludes halogenated alkanes) is 1. The van der Waals surface area contributed by atoms with E-state index in [0.29, 0.717) is 45.9 Å². The number of aromatic nitrogens is 2. The summed E-state index contributed by atoms with van der Waals surface area (Å²) in [5, 5.41) is 20.4. The maximum Gasteiger partial charge on any atom is 0.301 e. The van der Waals surface area contributed by atoms with E-state index in [1.165, 1.54) is 28.0 Å². The standard InChI is InChI=1S/C33H33N3O5S2/c1-3-5-20-41-26-17-13-24(14-18-26)29(37)27-28(23-11-15-25(16-12-23)40-19-4-2)36(31(39)30(27)38)32-34-35-33(43-32)42-21-22-9-7-6-8-10-22/h6-18,28,37H,3-5,19-21H2,1-2H3/t28-/m0/s1. The Bertz CT molecular complexity index is 1570. The van der Waals surface area contributed by atoms with Gasteiger partial charge >= 0.3 is 5.91 Å². The first kappa shape index (κ1) is 30.3. The molecule has 0 bridgehead atoms. The molecule has 1 atom stereocenters. The molecule has 1 aliphatic rings. The normalized spacial score (nSPS) is 16.0. The van der Waals surface area contributed by atoms with Crippen LogP contribution in [-0.4, -0.2) is 40.2 Å². The lowest BCUT2D eigenvalue weighted by molar-refractivity contribution is -0.132. The Morgan fingerprint density at radius 1 is 0.884 bits per heavy atom. The van der Waals surface area contributed by atoms with Crippen LogP contribution in [0.5, 0.6) is 11.5 Å².